The van der Waals surface area contributed by atoms with Crippen LogP contribution in [-0.4, -0.2) is 4.98 Å². The maximum absolute atomic E-state index is 2.74. The van der Waals surface area contributed by atoms with E-state index in [1.807, 2.05) is 18.3 Å². The third-order valence-corrected chi connectivity index (χ3v) is 0.442. The fourth-order valence-electron chi connectivity index (χ4n) is 0.241. The van der Waals surface area contributed by atoms with Crippen LogP contribution in [0.15, 0.2) is 18.3 Å². The number of aromatic amines is 1. The van der Waals surface area contributed by atoms with Crippen molar-refractivity contribution in [2.75, 3.05) is 0 Å². The van der Waals surface area contributed by atoms with Gasteiger partial charge >= 0.3 is 21.7 Å². The van der Waals surface area contributed by atoms with Crippen molar-refractivity contribution in [2.24, 2.45) is 0 Å². The van der Waals surface area contributed by atoms with Crippen LogP contribution in [0.4, 0.5) is 0 Å². The van der Waals surface area contributed by atoms with E-state index >= 15 is 0 Å². The van der Waals surface area contributed by atoms with E-state index in [0.717, 1.165) is 0 Å². The van der Waals surface area contributed by atoms with Crippen molar-refractivity contribution in [3.8, 4) is 0 Å². The topological polar surface area (TPSA) is 15.8 Å². The van der Waals surface area contributed by atoms with E-state index in [1.165, 1.54) is 0 Å². The molecule has 0 aliphatic heterocycles. The average Bonchev–Trinajstić information content (AvgIpc) is 1.76. The molecule has 0 spiro atoms. The second-order valence-corrected chi connectivity index (χ2v) is 0.814. The summed E-state index contributed by atoms with van der Waals surface area (Å²) in [6, 6.07) is 3.71. The van der Waals surface area contributed by atoms with Crippen LogP contribution in [-0.2, 0) is 21.7 Å². The third kappa shape index (κ3) is 11.9. The Balaban J connectivity index is -0.0000000312. The minimum atomic E-state index is 0. The fourth-order valence-corrected chi connectivity index (χ4v) is 0.241. The van der Waals surface area contributed by atoms with Gasteiger partial charge < -0.3 is 37.2 Å². The second kappa shape index (κ2) is 15.8. The molecule has 0 aliphatic rings. The van der Waals surface area contributed by atoms with Crippen LogP contribution in [0.2, 0.25) is 0 Å². The molecule has 0 bridgehead atoms. The summed E-state index contributed by atoms with van der Waals surface area (Å²) in [5.41, 5.74) is 0. The molecule has 0 atom stereocenters. The molecular formula is C5H7Cl2NTi. The van der Waals surface area contributed by atoms with E-state index in [1.54, 1.807) is 0 Å². The number of H-pyrrole nitrogens is 1. The first kappa shape index (κ1) is 22.7. The van der Waals surface area contributed by atoms with Gasteiger partial charge in [-0.1, -0.05) is 0 Å². The molecule has 0 saturated heterocycles. The van der Waals surface area contributed by atoms with E-state index in [4.69, 9.17) is 0 Å². The summed E-state index contributed by atoms with van der Waals surface area (Å²) in [4.78, 5) is 2.74. The Bertz CT molecular complexity index is 71.4. The summed E-state index contributed by atoms with van der Waals surface area (Å²) in [5.74, 6) is 0. The molecule has 1 aromatic rings. The predicted molar refractivity (Wildman–Crippen MR) is 26.0 cm³/mol. The van der Waals surface area contributed by atoms with Crippen molar-refractivity contribution in [2.45, 2.75) is 0 Å². The van der Waals surface area contributed by atoms with Gasteiger partial charge in [-0.15, -0.1) is 6.20 Å². The third-order valence-electron chi connectivity index (χ3n) is 0.442. The summed E-state index contributed by atoms with van der Waals surface area (Å²) >= 11 is 0. The van der Waals surface area contributed by atoms with Crippen LogP contribution in [0.3, 0.4) is 0 Å². The number of hydrogen-bond donors (Lipinski definition) is 1. The summed E-state index contributed by atoms with van der Waals surface area (Å²) in [6.07, 6.45) is 4.56. The number of nitrogens with one attached hydrogen (secondary N) is 1. The van der Waals surface area contributed by atoms with Crippen LogP contribution in [0, 0.1) is 13.6 Å². The van der Waals surface area contributed by atoms with Crippen molar-refractivity contribution in [1.82, 2.24) is 4.98 Å². The van der Waals surface area contributed by atoms with Crippen LogP contribution >= 0.6 is 0 Å². The monoisotopic (exact) mass is 199 g/mol. The molecule has 1 heterocycles. The van der Waals surface area contributed by atoms with Gasteiger partial charge in [0.2, 0.25) is 0 Å². The zero-order chi connectivity index (χ0) is 3.54. The van der Waals surface area contributed by atoms with Crippen LogP contribution in [0.5, 0.6) is 0 Å². The fraction of sp³-hybridized carbons (Fsp3) is 0. The molecule has 9 heavy (non-hydrogen) atoms. The normalized spacial score (nSPS) is 4.44. The number of hydrogen-bond acceptors (Lipinski definition) is 0. The summed E-state index contributed by atoms with van der Waals surface area (Å²) < 4.78 is 0. The Morgan fingerprint density at radius 3 is 1.89 bits per heavy atom. The van der Waals surface area contributed by atoms with Gasteiger partial charge in [-0.2, -0.15) is 18.3 Å². The van der Waals surface area contributed by atoms with Crippen LogP contribution in [0.25, 0.3) is 0 Å². The van der Waals surface area contributed by atoms with E-state index in [2.05, 4.69) is 11.2 Å². The summed E-state index contributed by atoms with van der Waals surface area (Å²) in [7, 11) is 0. The van der Waals surface area contributed by atoms with Crippen LogP contribution in [0.1, 0.15) is 0 Å². The zero-order valence-corrected chi connectivity index (χ0v) is 8.06. The molecule has 4 heteroatoms. The van der Waals surface area contributed by atoms with E-state index < -0.39 is 0 Å². The van der Waals surface area contributed by atoms with Crippen molar-refractivity contribution in [3.63, 3.8) is 0 Å². The predicted octanol–water partition coefficient (Wildman–Crippen LogP) is -4.73. The molecule has 1 rings (SSSR count). The largest absolute Gasteiger partial charge is 4.00 e. The van der Waals surface area contributed by atoms with Crippen molar-refractivity contribution >= 4 is 0 Å². The first-order valence-electron chi connectivity index (χ1n) is 1.49. The number of aromatic nitrogens is 1. The SMILES string of the molecule is [CH3-].[Cl-].[Cl-].[Ti+4].[c-]1ccc[nH]1. The molecule has 0 aromatic carbocycles. The summed E-state index contributed by atoms with van der Waals surface area (Å²) in [6.45, 7) is 0. The Labute approximate surface area is 83.3 Å². The van der Waals surface area contributed by atoms with Crippen molar-refractivity contribution < 1.29 is 46.5 Å². The molecule has 0 amide bonds. The van der Waals surface area contributed by atoms with E-state index in [-0.39, 0.29) is 54.0 Å². The smallest absolute Gasteiger partial charge is 1.00 e. The zero-order valence-electron chi connectivity index (χ0n) is 4.99. The molecule has 0 aliphatic carbocycles. The molecule has 1 N–H and O–H groups in total. The average molecular weight is 200 g/mol. The van der Waals surface area contributed by atoms with Gasteiger partial charge in [-0.05, 0) is 0 Å². The van der Waals surface area contributed by atoms with Gasteiger partial charge in [0, 0.05) is 0 Å². The quantitative estimate of drug-likeness (QED) is 0.320. The number of halogens is 2. The molecule has 50 valence electrons. The minimum absolute atomic E-state index is 0. The Hall–Kier alpha value is 0.574. The first-order chi connectivity index (χ1) is 2.50. The maximum atomic E-state index is 2.74. The van der Waals surface area contributed by atoms with Gasteiger partial charge in [-0.3, -0.25) is 0 Å². The summed E-state index contributed by atoms with van der Waals surface area (Å²) in [5, 5.41) is 0. The van der Waals surface area contributed by atoms with Crippen molar-refractivity contribution in [1.29, 1.82) is 0 Å². The maximum Gasteiger partial charge on any atom is 4.00 e. The van der Waals surface area contributed by atoms with Crippen LogP contribution < -0.4 is 24.8 Å². The standard InChI is InChI=1S/C4H4N.CH3.2ClH.Ti/c1-2-4-5-3-1;;;;/h1-3,5H;1H3;2*1H;/q2*-1;;;+4/p-2. The molecule has 1 aromatic heterocycles. The van der Waals surface area contributed by atoms with Crippen molar-refractivity contribution in [3.05, 3.63) is 32.0 Å². The van der Waals surface area contributed by atoms with Gasteiger partial charge in [0.15, 0.2) is 0 Å². The van der Waals surface area contributed by atoms with Gasteiger partial charge in [0.05, 0.1) is 0 Å². The van der Waals surface area contributed by atoms with E-state index in [0.29, 0.717) is 0 Å². The molecule has 0 unspecified atom stereocenters. The Kier molecular flexibility index (Phi) is 39.8. The molecule has 0 radical (unpaired) electrons. The molecular weight excluding hydrogens is 193 g/mol. The van der Waals surface area contributed by atoms with Gasteiger partial charge in [-0.25, -0.2) is 0 Å². The molecule has 1 nitrogen and oxygen atoms in total. The number of rotatable bonds is 0. The van der Waals surface area contributed by atoms with Gasteiger partial charge in [0.25, 0.3) is 0 Å². The second-order valence-electron chi connectivity index (χ2n) is 0.814. The Morgan fingerprint density at radius 2 is 1.78 bits per heavy atom. The molecule has 0 saturated carbocycles. The first-order valence-corrected chi connectivity index (χ1v) is 1.49. The van der Waals surface area contributed by atoms with Gasteiger partial charge in [0.1, 0.15) is 0 Å². The van der Waals surface area contributed by atoms with E-state index in [9.17, 15) is 0 Å². The minimum Gasteiger partial charge on any atom is -1.00 e. The Morgan fingerprint density at radius 1 is 1.22 bits per heavy atom. The molecule has 0 fully saturated rings.